The predicted molar refractivity (Wildman–Crippen MR) is 119 cm³/mol. The van der Waals surface area contributed by atoms with Crippen LogP contribution in [-0.4, -0.2) is 53.9 Å². The van der Waals surface area contributed by atoms with Gasteiger partial charge in [-0.05, 0) is 62.1 Å². The Morgan fingerprint density at radius 1 is 1.07 bits per heavy atom. The summed E-state index contributed by atoms with van der Waals surface area (Å²) in [6.07, 6.45) is 3.93. The van der Waals surface area contributed by atoms with E-state index in [9.17, 15) is 9.59 Å². The first-order chi connectivity index (χ1) is 14.6. The minimum absolute atomic E-state index is 0.0717. The second kappa shape index (κ2) is 7.64. The molecule has 0 atom stereocenters. The van der Waals surface area contributed by atoms with Crippen molar-refractivity contribution in [3.63, 3.8) is 0 Å². The summed E-state index contributed by atoms with van der Waals surface area (Å²) < 4.78 is 7.88. The highest BCUT2D eigenvalue weighted by Gasteiger charge is 2.25. The van der Waals surface area contributed by atoms with E-state index >= 15 is 0 Å². The van der Waals surface area contributed by atoms with Crippen LogP contribution in [-0.2, 0) is 17.7 Å². The second-order valence-corrected chi connectivity index (χ2v) is 8.63. The monoisotopic (exact) mass is 404 g/mol. The third-order valence-electron chi connectivity index (χ3n) is 6.96. The first kappa shape index (κ1) is 19.5. The van der Waals surface area contributed by atoms with E-state index in [0.29, 0.717) is 12.5 Å². The molecule has 0 spiro atoms. The van der Waals surface area contributed by atoms with Crippen LogP contribution in [0, 0.1) is 0 Å². The highest BCUT2D eigenvalue weighted by molar-refractivity contribution is 6.16. The van der Waals surface area contributed by atoms with Gasteiger partial charge in [0, 0.05) is 72.6 Å². The molecule has 5 rings (SSSR count). The fourth-order valence-corrected chi connectivity index (χ4v) is 5.23. The largest absolute Gasteiger partial charge is 0.381 e. The molecule has 0 unspecified atom stereocenters. The van der Waals surface area contributed by atoms with Crippen molar-refractivity contribution in [1.29, 1.82) is 0 Å². The number of methoxy groups -OCH3 is 1. The molecule has 1 fully saturated rings. The van der Waals surface area contributed by atoms with Crippen LogP contribution < -0.4 is 0 Å². The number of fused-ring (bicyclic) bond motifs is 5. The van der Waals surface area contributed by atoms with Gasteiger partial charge in [0.15, 0.2) is 11.6 Å². The topological polar surface area (TPSA) is 51.5 Å². The highest BCUT2D eigenvalue weighted by atomic mass is 16.5. The van der Waals surface area contributed by atoms with Gasteiger partial charge in [-0.2, -0.15) is 0 Å². The Bertz CT molecular complexity index is 1150. The van der Waals surface area contributed by atoms with E-state index in [1.54, 1.807) is 14.0 Å². The Morgan fingerprint density at radius 2 is 1.83 bits per heavy atom. The molecule has 2 heterocycles. The number of Topliss-reactive ketones (excluding diaryl/α,β-unsaturated/α-hetero) is 2. The molecule has 5 heteroatoms. The van der Waals surface area contributed by atoms with Gasteiger partial charge in [-0.15, -0.1) is 0 Å². The van der Waals surface area contributed by atoms with Crippen LogP contribution in [0.15, 0.2) is 30.3 Å². The first-order valence-electron chi connectivity index (χ1n) is 10.9. The van der Waals surface area contributed by atoms with Crippen molar-refractivity contribution in [2.24, 2.45) is 0 Å². The van der Waals surface area contributed by atoms with E-state index in [4.69, 9.17) is 4.74 Å². The molecule has 30 heavy (non-hydrogen) atoms. The Balaban J connectivity index is 1.57. The Morgan fingerprint density at radius 3 is 2.57 bits per heavy atom. The average molecular weight is 405 g/mol. The SMILES string of the molecule is COC1CCN(CCn2c3ccc(C(C)=O)cc3c3c4c(ccc32)C(=O)CC4)CC1. The summed E-state index contributed by atoms with van der Waals surface area (Å²) in [5, 5.41) is 2.26. The number of piperidine rings is 1. The maximum Gasteiger partial charge on any atom is 0.163 e. The molecule has 0 amide bonds. The summed E-state index contributed by atoms with van der Waals surface area (Å²) in [6, 6.07) is 10.1. The molecule has 2 aliphatic rings. The number of carbonyl (C=O) groups excluding carboxylic acids is 2. The van der Waals surface area contributed by atoms with Crippen LogP contribution in [0.5, 0.6) is 0 Å². The van der Waals surface area contributed by atoms with E-state index < -0.39 is 0 Å². The van der Waals surface area contributed by atoms with Crippen LogP contribution in [0.3, 0.4) is 0 Å². The van der Waals surface area contributed by atoms with Gasteiger partial charge in [0.1, 0.15) is 0 Å². The zero-order chi connectivity index (χ0) is 20.8. The smallest absolute Gasteiger partial charge is 0.163 e. The summed E-state index contributed by atoms with van der Waals surface area (Å²) in [5.41, 5.74) is 5.06. The number of carbonyl (C=O) groups is 2. The van der Waals surface area contributed by atoms with Gasteiger partial charge in [-0.1, -0.05) is 0 Å². The lowest BCUT2D eigenvalue weighted by atomic mass is 10.0. The van der Waals surface area contributed by atoms with Crippen LogP contribution in [0.2, 0.25) is 0 Å². The molecule has 0 N–H and O–H groups in total. The lowest BCUT2D eigenvalue weighted by molar-refractivity contribution is 0.0404. The molecule has 156 valence electrons. The summed E-state index contributed by atoms with van der Waals surface area (Å²) in [7, 11) is 1.80. The maximum absolute atomic E-state index is 12.3. The summed E-state index contributed by atoms with van der Waals surface area (Å²) in [4.78, 5) is 26.9. The Labute approximate surface area is 176 Å². The van der Waals surface area contributed by atoms with Gasteiger partial charge in [0.25, 0.3) is 0 Å². The number of ketones is 2. The van der Waals surface area contributed by atoms with Gasteiger partial charge >= 0.3 is 0 Å². The molecule has 0 saturated carbocycles. The molecule has 1 aromatic heterocycles. The second-order valence-electron chi connectivity index (χ2n) is 8.63. The number of aromatic nitrogens is 1. The first-order valence-corrected chi connectivity index (χ1v) is 10.9. The van der Waals surface area contributed by atoms with Crippen molar-refractivity contribution in [2.45, 2.75) is 45.3 Å². The van der Waals surface area contributed by atoms with Crippen molar-refractivity contribution in [3.05, 3.63) is 47.0 Å². The normalized spacial score (nSPS) is 17.9. The Hall–Kier alpha value is -2.50. The molecule has 1 saturated heterocycles. The van der Waals surface area contributed by atoms with Gasteiger partial charge in [-0.3, -0.25) is 9.59 Å². The number of hydrogen-bond acceptors (Lipinski definition) is 4. The van der Waals surface area contributed by atoms with E-state index in [2.05, 4.69) is 21.6 Å². The lowest BCUT2D eigenvalue weighted by Gasteiger charge is -2.31. The number of rotatable bonds is 5. The summed E-state index contributed by atoms with van der Waals surface area (Å²) >= 11 is 0. The van der Waals surface area contributed by atoms with Crippen LogP contribution in [0.25, 0.3) is 21.8 Å². The van der Waals surface area contributed by atoms with Crippen molar-refractivity contribution in [2.75, 3.05) is 26.7 Å². The molecule has 1 aliphatic carbocycles. The van der Waals surface area contributed by atoms with Gasteiger partial charge < -0.3 is 14.2 Å². The predicted octanol–water partition coefficient (Wildman–Crippen LogP) is 4.24. The van der Waals surface area contributed by atoms with E-state index in [1.807, 2.05) is 18.2 Å². The molecule has 0 bridgehead atoms. The summed E-state index contributed by atoms with van der Waals surface area (Å²) in [6.45, 7) is 5.61. The molecule has 3 aromatic rings. The van der Waals surface area contributed by atoms with Crippen molar-refractivity contribution in [3.8, 4) is 0 Å². The Kier molecular flexibility index (Phi) is 4.95. The van der Waals surface area contributed by atoms with Crippen LogP contribution in [0.4, 0.5) is 0 Å². The van der Waals surface area contributed by atoms with Crippen molar-refractivity contribution in [1.82, 2.24) is 9.47 Å². The average Bonchev–Trinajstić information content (AvgIpc) is 3.29. The van der Waals surface area contributed by atoms with Gasteiger partial charge in [-0.25, -0.2) is 0 Å². The molecule has 2 aromatic carbocycles. The third-order valence-corrected chi connectivity index (χ3v) is 6.96. The molecule has 5 nitrogen and oxygen atoms in total. The van der Waals surface area contributed by atoms with Crippen LogP contribution >= 0.6 is 0 Å². The number of aryl methyl sites for hydroxylation is 1. The molecule has 0 radical (unpaired) electrons. The van der Waals surface area contributed by atoms with E-state index in [-0.39, 0.29) is 11.6 Å². The fraction of sp³-hybridized carbons (Fsp3) is 0.440. The number of benzene rings is 2. The maximum atomic E-state index is 12.3. The van der Waals surface area contributed by atoms with Gasteiger partial charge in [0.2, 0.25) is 0 Å². The highest BCUT2D eigenvalue weighted by Crippen LogP contribution is 2.37. The number of nitrogens with zero attached hydrogens (tertiary/aromatic N) is 2. The van der Waals surface area contributed by atoms with Gasteiger partial charge in [0.05, 0.1) is 6.10 Å². The van der Waals surface area contributed by atoms with E-state index in [1.165, 1.54) is 5.52 Å². The fourth-order valence-electron chi connectivity index (χ4n) is 5.23. The molecule has 1 aliphatic heterocycles. The number of hydrogen-bond donors (Lipinski definition) is 0. The minimum Gasteiger partial charge on any atom is -0.381 e. The number of likely N-dealkylation sites (tertiary alicyclic amines) is 1. The lowest BCUT2D eigenvalue weighted by Crippen LogP contribution is -2.38. The zero-order valence-electron chi connectivity index (χ0n) is 17.7. The van der Waals surface area contributed by atoms with Crippen molar-refractivity contribution < 1.29 is 14.3 Å². The molecular formula is C25H28N2O3. The number of ether oxygens (including phenoxy) is 1. The summed E-state index contributed by atoms with van der Waals surface area (Å²) in [5.74, 6) is 0.305. The van der Waals surface area contributed by atoms with E-state index in [0.717, 1.165) is 78.4 Å². The van der Waals surface area contributed by atoms with Crippen molar-refractivity contribution >= 4 is 33.4 Å². The van der Waals surface area contributed by atoms with Crippen LogP contribution in [0.1, 0.15) is 52.5 Å². The standard InChI is InChI=1S/C25H28N2O3/c1-16(28)17-3-6-22-21(15-17)25-20-5-8-24(29)19(20)4-7-23(25)27(22)14-13-26-11-9-18(30-2)10-12-26/h3-4,6-7,15,18H,5,8-14H2,1-2H3. The molecular weight excluding hydrogens is 376 g/mol. The quantitative estimate of drug-likeness (QED) is 0.597. The third kappa shape index (κ3) is 3.17. The minimum atomic E-state index is 0.0717. The zero-order valence-corrected chi connectivity index (χ0v) is 17.7.